The molecule has 1 saturated heterocycles. The van der Waals surface area contributed by atoms with Gasteiger partial charge in [-0.15, -0.1) is 0 Å². The van der Waals surface area contributed by atoms with Crippen molar-refractivity contribution in [2.24, 2.45) is 0 Å². The molecule has 0 bridgehead atoms. The molecule has 0 amide bonds. The fraction of sp³-hybridized carbons (Fsp3) is 0.600. The van der Waals surface area contributed by atoms with E-state index < -0.39 is 0 Å². The van der Waals surface area contributed by atoms with Crippen molar-refractivity contribution in [3.05, 3.63) is 18.0 Å². The summed E-state index contributed by atoms with van der Waals surface area (Å²) in [5, 5.41) is 3.64. The third kappa shape index (κ3) is 2.18. The zero-order valence-electron chi connectivity index (χ0n) is 8.68. The highest BCUT2D eigenvalue weighted by atomic mass is 16.5. The lowest BCUT2D eigenvalue weighted by Crippen LogP contribution is -2.36. The predicted molar refractivity (Wildman–Crippen MR) is 52.0 cm³/mol. The monoisotopic (exact) mass is 210 g/mol. The zero-order valence-corrected chi connectivity index (χ0v) is 8.68. The molecule has 1 unspecified atom stereocenters. The van der Waals surface area contributed by atoms with Crippen molar-refractivity contribution in [3.63, 3.8) is 0 Å². The number of hydrogen-bond acceptors (Lipinski definition) is 5. The van der Waals surface area contributed by atoms with E-state index in [1.165, 1.54) is 7.11 Å². The van der Waals surface area contributed by atoms with Crippen molar-refractivity contribution < 1.29 is 14.1 Å². The van der Waals surface area contributed by atoms with Crippen LogP contribution < -0.4 is 0 Å². The Kier molecular flexibility index (Phi) is 3.01. The van der Waals surface area contributed by atoms with Gasteiger partial charge in [0.25, 0.3) is 0 Å². The van der Waals surface area contributed by atoms with Crippen LogP contribution in [0.4, 0.5) is 0 Å². The summed E-state index contributed by atoms with van der Waals surface area (Å²) in [5.41, 5.74) is 0.991. The summed E-state index contributed by atoms with van der Waals surface area (Å²) in [6, 6.07) is -0.107. The van der Waals surface area contributed by atoms with E-state index in [1.807, 2.05) is 0 Å². The Labute approximate surface area is 88.0 Å². The number of methoxy groups -OCH3 is 1. The molecule has 15 heavy (non-hydrogen) atoms. The Morgan fingerprint density at radius 3 is 3.33 bits per heavy atom. The van der Waals surface area contributed by atoms with Gasteiger partial charge in [0, 0.05) is 12.1 Å². The highest BCUT2D eigenvalue weighted by molar-refractivity contribution is 5.75. The number of carbonyl (C=O) groups is 1. The SMILES string of the molecule is COC(=O)C1CCCN1Cc1cnoc1. The van der Waals surface area contributed by atoms with Gasteiger partial charge in [0.15, 0.2) is 0 Å². The average molecular weight is 210 g/mol. The molecule has 0 saturated carbocycles. The lowest BCUT2D eigenvalue weighted by Gasteiger charge is -2.20. The normalized spacial score (nSPS) is 21.8. The topological polar surface area (TPSA) is 55.6 Å². The van der Waals surface area contributed by atoms with E-state index in [0.717, 1.165) is 24.9 Å². The molecule has 5 heteroatoms. The second-order valence-corrected chi connectivity index (χ2v) is 3.68. The molecule has 1 aliphatic heterocycles. The molecule has 1 atom stereocenters. The third-order valence-corrected chi connectivity index (χ3v) is 2.71. The fourth-order valence-corrected chi connectivity index (χ4v) is 1.96. The molecule has 82 valence electrons. The first-order valence-electron chi connectivity index (χ1n) is 5.01. The minimum absolute atomic E-state index is 0.107. The molecule has 1 aromatic rings. The van der Waals surface area contributed by atoms with E-state index in [-0.39, 0.29) is 12.0 Å². The molecule has 0 aliphatic carbocycles. The lowest BCUT2D eigenvalue weighted by atomic mass is 10.2. The molecule has 2 heterocycles. The molecule has 0 spiro atoms. The molecule has 2 rings (SSSR count). The third-order valence-electron chi connectivity index (χ3n) is 2.71. The first-order chi connectivity index (χ1) is 7.31. The minimum atomic E-state index is -0.149. The first kappa shape index (κ1) is 10.2. The maximum atomic E-state index is 11.5. The van der Waals surface area contributed by atoms with Crippen LogP contribution in [0.3, 0.4) is 0 Å². The number of aromatic nitrogens is 1. The van der Waals surface area contributed by atoms with Crippen LogP contribution in [0, 0.1) is 0 Å². The number of nitrogens with zero attached hydrogens (tertiary/aromatic N) is 2. The second-order valence-electron chi connectivity index (χ2n) is 3.68. The van der Waals surface area contributed by atoms with Crippen molar-refractivity contribution in [2.75, 3.05) is 13.7 Å². The number of likely N-dealkylation sites (tertiary alicyclic amines) is 1. The molecule has 0 radical (unpaired) electrons. The van der Waals surface area contributed by atoms with Crippen LogP contribution in [-0.2, 0) is 16.1 Å². The van der Waals surface area contributed by atoms with Gasteiger partial charge in [-0.3, -0.25) is 9.69 Å². The Balaban J connectivity index is 1.99. The minimum Gasteiger partial charge on any atom is -0.468 e. The van der Waals surface area contributed by atoms with Gasteiger partial charge in [0.1, 0.15) is 12.3 Å². The van der Waals surface area contributed by atoms with E-state index in [0.29, 0.717) is 6.54 Å². The van der Waals surface area contributed by atoms with Gasteiger partial charge in [-0.25, -0.2) is 0 Å². The summed E-state index contributed by atoms with van der Waals surface area (Å²) in [6.45, 7) is 1.62. The van der Waals surface area contributed by atoms with Crippen molar-refractivity contribution >= 4 is 5.97 Å². The average Bonchev–Trinajstić information content (AvgIpc) is 2.88. The molecule has 0 N–H and O–H groups in total. The zero-order chi connectivity index (χ0) is 10.7. The highest BCUT2D eigenvalue weighted by Crippen LogP contribution is 2.20. The largest absolute Gasteiger partial charge is 0.468 e. The number of carbonyl (C=O) groups excluding carboxylic acids is 1. The maximum absolute atomic E-state index is 11.5. The summed E-state index contributed by atoms with van der Waals surface area (Å²) in [5.74, 6) is -0.149. The molecular weight excluding hydrogens is 196 g/mol. The van der Waals surface area contributed by atoms with Crippen molar-refractivity contribution in [1.82, 2.24) is 10.1 Å². The Morgan fingerprint density at radius 2 is 2.67 bits per heavy atom. The molecule has 1 aliphatic rings. The molecule has 5 nitrogen and oxygen atoms in total. The maximum Gasteiger partial charge on any atom is 0.323 e. The number of rotatable bonds is 3. The number of ether oxygens (including phenoxy) is 1. The lowest BCUT2D eigenvalue weighted by molar-refractivity contribution is -0.146. The van der Waals surface area contributed by atoms with E-state index >= 15 is 0 Å². The van der Waals surface area contributed by atoms with Crippen LogP contribution in [-0.4, -0.2) is 35.7 Å². The Hall–Kier alpha value is -1.36. The van der Waals surface area contributed by atoms with Crippen LogP contribution >= 0.6 is 0 Å². The van der Waals surface area contributed by atoms with Crippen LogP contribution in [0.1, 0.15) is 18.4 Å². The van der Waals surface area contributed by atoms with Crippen molar-refractivity contribution in [2.45, 2.75) is 25.4 Å². The summed E-state index contributed by atoms with van der Waals surface area (Å²) in [6.07, 6.45) is 5.18. The summed E-state index contributed by atoms with van der Waals surface area (Å²) < 4.78 is 9.52. The first-order valence-corrected chi connectivity index (χ1v) is 5.01. The summed E-state index contributed by atoms with van der Waals surface area (Å²) in [7, 11) is 1.43. The van der Waals surface area contributed by atoms with Crippen molar-refractivity contribution in [1.29, 1.82) is 0 Å². The molecule has 1 aromatic heterocycles. The molecular formula is C10H14N2O3. The molecule has 0 aromatic carbocycles. The van der Waals surface area contributed by atoms with E-state index in [2.05, 4.69) is 10.1 Å². The van der Waals surface area contributed by atoms with Gasteiger partial charge in [-0.1, -0.05) is 5.16 Å². The molecule has 1 fully saturated rings. The van der Waals surface area contributed by atoms with Crippen LogP contribution in [0.5, 0.6) is 0 Å². The van der Waals surface area contributed by atoms with Gasteiger partial charge in [0.05, 0.1) is 13.3 Å². The Bertz CT molecular complexity index is 323. The van der Waals surface area contributed by atoms with E-state index in [1.54, 1.807) is 12.5 Å². The van der Waals surface area contributed by atoms with Gasteiger partial charge in [0.2, 0.25) is 0 Å². The number of esters is 1. The second kappa shape index (κ2) is 4.44. The van der Waals surface area contributed by atoms with Gasteiger partial charge in [-0.2, -0.15) is 0 Å². The highest BCUT2D eigenvalue weighted by Gasteiger charge is 2.31. The standard InChI is InChI=1S/C10H14N2O3/c1-14-10(13)9-3-2-4-12(9)6-8-5-11-15-7-8/h5,7,9H,2-4,6H2,1H3. The smallest absolute Gasteiger partial charge is 0.323 e. The summed E-state index contributed by atoms with van der Waals surface area (Å²) >= 11 is 0. The van der Waals surface area contributed by atoms with Crippen LogP contribution in [0.25, 0.3) is 0 Å². The van der Waals surface area contributed by atoms with Crippen LogP contribution in [0.2, 0.25) is 0 Å². The quantitative estimate of drug-likeness (QED) is 0.691. The van der Waals surface area contributed by atoms with Crippen LogP contribution in [0.15, 0.2) is 17.0 Å². The summed E-state index contributed by atoms with van der Waals surface area (Å²) in [4.78, 5) is 13.5. The fourth-order valence-electron chi connectivity index (χ4n) is 1.96. The Morgan fingerprint density at radius 1 is 1.80 bits per heavy atom. The van der Waals surface area contributed by atoms with Gasteiger partial charge in [-0.05, 0) is 19.4 Å². The van der Waals surface area contributed by atoms with Gasteiger partial charge < -0.3 is 9.26 Å². The van der Waals surface area contributed by atoms with Gasteiger partial charge >= 0.3 is 5.97 Å². The number of hydrogen-bond donors (Lipinski definition) is 0. The van der Waals surface area contributed by atoms with Crippen molar-refractivity contribution in [3.8, 4) is 0 Å². The predicted octanol–water partition coefficient (Wildman–Crippen LogP) is 0.812. The van der Waals surface area contributed by atoms with E-state index in [4.69, 9.17) is 9.26 Å². The van der Waals surface area contributed by atoms with E-state index in [9.17, 15) is 4.79 Å².